The quantitative estimate of drug-likeness (QED) is 0.435. The Balaban J connectivity index is 2.06. The molecule has 102 valence electrons. The van der Waals surface area contributed by atoms with Gasteiger partial charge in [0.05, 0.1) is 0 Å². The molecule has 0 aromatic carbocycles. The fourth-order valence-corrected chi connectivity index (χ4v) is 5.90. The minimum Gasteiger partial charge on any atom is -0.461 e. The van der Waals surface area contributed by atoms with Gasteiger partial charge in [0.25, 0.3) is 0 Å². The topological polar surface area (TPSA) is 43.4 Å². The minimum absolute atomic E-state index is 0.120. The lowest BCUT2D eigenvalue weighted by Crippen LogP contribution is -2.16. The molecule has 0 aromatic rings. The highest BCUT2D eigenvalue weighted by Gasteiger charge is 2.18. The van der Waals surface area contributed by atoms with Crippen molar-refractivity contribution in [2.45, 2.75) is 12.2 Å². The molecular weight excluding hydrogens is 308 g/mol. The van der Waals surface area contributed by atoms with Gasteiger partial charge in [0.1, 0.15) is 6.61 Å². The summed E-state index contributed by atoms with van der Waals surface area (Å²) in [4.78, 5) is 22.7. The number of carbonyl (C=O) groups is 2. The summed E-state index contributed by atoms with van der Waals surface area (Å²) in [5.41, 5.74) is 0.386. The molecule has 0 N–H and O–H groups in total. The second kappa shape index (κ2) is 9.23. The van der Waals surface area contributed by atoms with Crippen LogP contribution in [0.15, 0.2) is 12.2 Å². The molecule has 0 saturated carbocycles. The molecule has 18 heavy (non-hydrogen) atoms. The lowest BCUT2D eigenvalue weighted by atomic mass is 10.4. The van der Waals surface area contributed by atoms with E-state index in [1.807, 2.05) is 23.5 Å². The second-order valence-corrected chi connectivity index (χ2v) is 8.64. The van der Waals surface area contributed by atoms with E-state index in [1.165, 1.54) is 23.5 Å². The van der Waals surface area contributed by atoms with Gasteiger partial charge in [0.15, 0.2) is 0 Å². The van der Waals surface area contributed by atoms with Crippen LogP contribution in [0.4, 0.5) is 4.79 Å². The van der Waals surface area contributed by atoms with Gasteiger partial charge in [-0.2, -0.15) is 0 Å². The van der Waals surface area contributed by atoms with Crippen LogP contribution in [-0.4, -0.2) is 44.6 Å². The Bertz CT molecular complexity index is 313. The van der Waals surface area contributed by atoms with E-state index in [2.05, 4.69) is 6.58 Å². The van der Waals surface area contributed by atoms with Gasteiger partial charge in [-0.05, 0) is 6.92 Å². The smallest absolute Gasteiger partial charge is 0.333 e. The predicted molar refractivity (Wildman–Crippen MR) is 84.8 cm³/mol. The molecule has 1 aliphatic rings. The predicted octanol–water partition coefficient (Wildman–Crippen LogP) is 3.50. The first-order valence-electron chi connectivity index (χ1n) is 5.41. The Morgan fingerprint density at radius 3 is 2.67 bits per heavy atom. The molecular formula is C11H16O3S4. The van der Waals surface area contributed by atoms with Gasteiger partial charge in [-0.1, -0.05) is 30.1 Å². The molecule has 0 radical (unpaired) electrons. The Morgan fingerprint density at radius 2 is 2.06 bits per heavy atom. The summed E-state index contributed by atoms with van der Waals surface area (Å²) < 4.78 is 5.03. The number of hydrogen-bond donors (Lipinski definition) is 0. The third kappa shape index (κ3) is 7.01. The summed E-state index contributed by atoms with van der Waals surface area (Å²) in [6.45, 7) is 5.36. The minimum atomic E-state index is -0.393. The van der Waals surface area contributed by atoms with E-state index in [-0.39, 0.29) is 11.1 Å². The van der Waals surface area contributed by atoms with Gasteiger partial charge in [-0.25, -0.2) is 4.79 Å². The van der Waals surface area contributed by atoms with E-state index in [0.717, 1.165) is 16.6 Å². The summed E-state index contributed by atoms with van der Waals surface area (Å²) >= 11 is 6.40. The van der Waals surface area contributed by atoms with Crippen molar-refractivity contribution in [2.24, 2.45) is 0 Å². The van der Waals surface area contributed by atoms with E-state index in [1.54, 1.807) is 6.92 Å². The Morgan fingerprint density at radius 1 is 1.39 bits per heavy atom. The van der Waals surface area contributed by atoms with E-state index >= 15 is 0 Å². The van der Waals surface area contributed by atoms with Gasteiger partial charge >= 0.3 is 5.97 Å². The molecule has 1 rings (SSSR count). The molecule has 7 heteroatoms. The molecule has 0 bridgehead atoms. The van der Waals surface area contributed by atoms with Crippen molar-refractivity contribution in [3.8, 4) is 0 Å². The number of rotatable bonds is 5. The number of carbonyl (C=O) groups excluding carboxylic acids is 2. The molecule has 0 aromatic heterocycles. The third-order valence-electron chi connectivity index (χ3n) is 1.92. The molecule has 1 fully saturated rings. The Hall–Kier alpha value is 0.280. The molecule has 0 aliphatic carbocycles. The van der Waals surface area contributed by atoms with Crippen molar-refractivity contribution in [3.63, 3.8) is 0 Å². The van der Waals surface area contributed by atoms with Crippen LogP contribution < -0.4 is 0 Å². The van der Waals surface area contributed by atoms with Gasteiger partial charge in [-0.3, -0.25) is 4.79 Å². The Kier molecular flexibility index (Phi) is 8.37. The lowest BCUT2D eigenvalue weighted by molar-refractivity contribution is -0.138. The molecule has 3 nitrogen and oxygen atoms in total. The summed E-state index contributed by atoms with van der Waals surface area (Å²) in [6.07, 6.45) is 0. The van der Waals surface area contributed by atoms with Crippen LogP contribution in [0.5, 0.6) is 0 Å². The average molecular weight is 325 g/mol. The zero-order valence-electron chi connectivity index (χ0n) is 10.2. The van der Waals surface area contributed by atoms with Crippen molar-refractivity contribution in [1.29, 1.82) is 0 Å². The first-order chi connectivity index (χ1) is 8.59. The first-order valence-corrected chi connectivity index (χ1v) is 9.58. The van der Waals surface area contributed by atoms with Gasteiger partial charge in [0, 0.05) is 33.2 Å². The summed E-state index contributed by atoms with van der Waals surface area (Å²) in [5, 5.41) is 1.56. The standard InChI is InChI=1S/C11H16O3S4/c1-8(2)10(12)14-3-4-17-11(13)18-9-5-15-7-16-6-9/h9H,1,3-7H2,2H3. The van der Waals surface area contributed by atoms with Crippen LogP contribution in [0.3, 0.4) is 0 Å². The molecule has 0 atom stereocenters. The highest BCUT2D eigenvalue weighted by molar-refractivity contribution is 8.39. The van der Waals surface area contributed by atoms with Crippen molar-refractivity contribution in [1.82, 2.24) is 0 Å². The van der Waals surface area contributed by atoms with Gasteiger partial charge < -0.3 is 4.74 Å². The van der Waals surface area contributed by atoms with Crippen LogP contribution in [0.25, 0.3) is 0 Å². The zero-order chi connectivity index (χ0) is 13.4. The van der Waals surface area contributed by atoms with Crippen molar-refractivity contribution < 1.29 is 14.3 Å². The molecule has 0 amide bonds. The van der Waals surface area contributed by atoms with Crippen LogP contribution in [0, 0.1) is 0 Å². The van der Waals surface area contributed by atoms with E-state index in [4.69, 9.17) is 4.74 Å². The largest absolute Gasteiger partial charge is 0.461 e. The normalized spacial score (nSPS) is 16.3. The summed E-state index contributed by atoms with van der Waals surface area (Å²) in [5.74, 6) is 2.22. The van der Waals surface area contributed by atoms with E-state index in [0.29, 0.717) is 16.6 Å². The maximum Gasteiger partial charge on any atom is 0.333 e. The van der Waals surface area contributed by atoms with Crippen molar-refractivity contribution >= 4 is 57.5 Å². The monoisotopic (exact) mass is 324 g/mol. The van der Waals surface area contributed by atoms with Crippen LogP contribution in [-0.2, 0) is 9.53 Å². The fourth-order valence-electron chi connectivity index (χ4n) is 1.09. The van der Waals surface area contributed by atoms with Crippen LogP contribution >= 0.6 is 47.0 Å². The average Bonchev–Trinajstić information content (AvgIpc) is 2.35. The molecule has 1 saturated heterocycles. The van der Waals surface area contributed by atoms with Gasteiger partial charge in [0.2, 0.25) is 4.45 Å². The number of thioether (sulfide) groups is 4. The SMILES string of the molecule is C=C(C)C(=O)OCCSC(=O)SC1CSCSC1. The first kappa shape index (κ1) is 16.3. The number of esters is 1. The Labute approximate surface area is 125 Å². The molecule has 0 spiro atoms. The highest BCUT2D eigenvalue weighted by Crippen LogP contribution is 2.32. The van der Waals surface area contributed by atoms with E-state index < -0.39 is 5.97 Å². The zero-order valence-corrected chi connectivity index (χ0v) is 13.4. The third-order valence-corrected chi connectivity index (χ3v) is 7.06. The molecule has 1 heterocycles. The molecule has 0 unspecified atom stereocenters. The molecule has 1 aliphatic heterocycles. The van der Waals surface area contributed by atoms with Crippen molar-refractivity contribution in [3.05, 3.63) is 12.2 Å². The maximum atomic E-state index is 11.6. The highest BCUT2D eigenvalue weighted by atomic mass is 32.2. The number of ether oxygens (including phenoxy) is 1. The van der Waals surface area contributed by atoms with Crippen LogP contribution in [0.2, 0.25) is 0 Å². The second-order valence-electron chi connectivity index (χ2n) is 3.61. The lowest BCUT2D eigenvalue weighted by Gasteiger charge is -2.18. The van der Waals surface area contributed by atoms with Gasteiger partial charge in [-0.15, -0.1) is 23.5 Å². The van der Waals surface area contributed by atoms with Crippen LogP contribution in [0.1, 0.15) is 6.92 Å². The summed E-state index contributed by atoms with van der Waals surface area (Å²) in [7, 11) is 0. The fraction of sp³-hybridized carbons (Fsp3) is 0.636. The van der Waals surface area contributed by atoms with Crippen molar-refractivity contribution in [2.75, 3.05) is 29.0 Å². The number of hydrogen-bond acceptors (Lipinski definition) is 7. The summed E-state index contributed by atoms with van der Waals surface area (Å²) in [6, 6.07) is 0. The van der Waals surface area contributed by atoms with E-state index in [9.17, 15) is 9.59 Å². The maximum absolute atomic E-state index is 11.6.